The Hall–Kier alpha value is -3.06. The van der Waals surface area contributed by atoms with Crippen molar-refractivity contribution in [3.8, 4) is 5.69 Å². The molecule has 114 valence electrons. The fourth-order valence-corrected chi connectivity index (χ4v) is 1.91. The number of aromatic nitrogens is 4. The van der Waals surface area contributed by atoms with Gasteiger partial charge >= 0.3 is 0 Å². The van der Waals surface area contributed by atoms with Crippen LogP contribution in [0.1, 0.15) is 16.1 Å². The molecule has 0 bridgehead atoms. The number of amides is 1. The number of carbonyl (C=O) groups is 1. The second-order valence-corrected chi connectivity index (χ2v) is 4.94. The van der Waals surface area contributed by atoms with Gasteiger partial charge in [0.1, 0.15) is 5.69 Å². The van der Waals surface area contributed by atoms with Gasteiger partial charge in [0.15, 0.2) is 0 Å². The van der Waals surface area contributed by atoms with Crippen molar-refractivity contribution in [2.24, 2.45) is 5.10 Å². The first-order valence-electron chi connectivity index (χ1n) is 6.64. The summed E-state index contributed by atoms with van der Waals surface area (Å²) in [6.45, 7) is 0. The molecule has 2 heterocycles. The largest absolute Gasteiger partial charge is 0.271 e. The van der Waals surface area contributed by atoms with Crippen LogP contribution in [0.3, 0.4) is 0 Å². The Morgan fingerprint density at radius 3 is 2.65 bits per heavy atom. The molecule has 0 unspecified atom stereocenters. The van der Waals surface area contributed by atoms with Crippen molar-refractivity contribution >= 4 is 23.7 Å². The second kappa shape index (κ2) is 6.80. The van der Waals surface area contributed by atoms with Crippen LogP contribution in [-0.4, -0.2) is 32.1 Å². The lowest BCUT2D eigenvalue weighted by Gasteiger charge is -1.98. The highest BCUT2D eigenvalue weighted by molar-refractivity contribution is 6.30. The van der Waals surface area contributed by atoms with Crippen molar-refractivity contribution in [1.29, 1.82) is 0 Å². The van der Waals surface area contributed by atoms with Crippen LogP contribution in [0.25, 0.3) is 5.69 Å². The predicted octanol–water partition coefficient (Wildman–Crippen LogP) is 2.08. The molecule has 8 heteroatoms. The number of hydrogen-bond donors (Lipinski definition) is 1. The van der Waals surface area contributed by atoms with Gasteiger partial charge in [-0.05, 0) is 36.4 Å². The number of nitrogens with zero attached hydrogens (tertiary/aromatic N) is 5. The topological polar surface area (TPSA) is 85.1 Å². The zero-order valence-corrected chi connectivity index (χ0v) is 12.6. The van der Waals surface area contributed by atoms with Crippen molar-refractivity contribution in [1.82, 2.24) is 25.4 Å². The molecule has 0 saturated heterocycles. The maximum absolute atomic E-state index is 11.8. The molecule has 0 aliphatic carbocycles. The molecule has 0 aliphatic heterocycles. The van der Waals surface area contributed by atoms with Crippen LogP contribution in [0.2, 0.25) is 5.02 Å². The highest BCUT2D eigenvalue weighted by atomic mass is 35.5. The Balaban J connectivity index is 1.65. The summed E-state index contributed by atoms with van der Waals surface area (Å²) < 4.78 is 1.59. The van der Waals surface area contributed by atoms with Crippen molar-refractivity contribution in [2.75, 3.05) is 0 Å². The van der Waals surface area contributed by atoms with Gasteiger partial charge in [0.05, 0.1) is 18.1 Å². The average molecular weight is 327 g/mol. The molecule has 0 saturated carbocycles. The van der Waals surface area contributed by atoms with E-state index in [9.17, 15) is 4.79 Å². The van der Waals surface area contributed by atoms with Crippen molar-refractivity contribution in [3.05, 3.63) is 71.3 Å². The maximum Gasteiger partial charge on any atom is 0.271 e. The van der Waals surface area contributed by atoms with Gasteiger partial charge in [0, 0.05) is 23.0 Å². The summed E-state index contributed by atoms with van der Waals surface area (Å²) in [5, 5.41) is 12.4. The molecule has 1 aromatic carbocycles. The summed E-state index contributed by atoms with van der Waals surface area (Å²) in [6.07, 6.45) is 6.18. The lowest BCUT2D eigenvalue weighted by atomic mass is 10.3. The molecule has 3 aromatic rings. The summed E-state index contributed by atoms with van der Waals surface area (Å²) in [4.78, 5) is 15.6. The van der Waals surface area contributed by atoms with Crippen molar-refractivity contribution < 1.29 is 4.79 Å². The summed E-state index contributed by atoms with van der Waals surface area (Å²) in [5.74, 6) is -0.325. The normalized spacial score (nSPS) is 10.8. The molecule has 3 rings (SSSR count). The number of hydrogen-bond acceptors (Lipinski definition) is 5. The van der Waals surface area contributed by atoms with Crippen LogP contribution in [0.5, 0.6) is 0 Å². The molecule has 0 aliphatic rings. The molecule has 7 nitrogen and oxygen atoms in total. The second-order valence-electron chi connectivity index (χ2n) is 4.50. The predicted molar refractivity (Wildman–Crippen MR) is 85.7 cm³/mol. The fraction of sp³-hybridized carbons (Fsp3) is 0. The van der Waals surface area contributed by atoms with Crippen LogP contribution in [-0.2, 0) is 0 Å². The SMILES string of the molecule is O=C(N/N=C/c1cn(-c2ccc(Cl)cc2)nn1)c1ccncc1. The molecule has 0 spiro atoms. The highest BCUT2D eigenvalue weighted by Crippen LogP contribution is 2.12. The van der Waals surface area contributed by atoms with Gasteiger partial charge in [-0.1, -0.05) is 16.8 Å². The zero-order valence-electron chi connectivity index (χ0n) is 11.8. The first kappa shape index (κ1) is 14.9. The number of pyridine rings is 1. The van der Waals surface area contributed by atoms with Crippen LogP contribution in [0, 0.1) is 0 Å². The van der Waals surface area contributed by atoms with E-state index in [-0.39, 0.29) is 5.91 Å². The molecule has 0 fully saturated rings. The van der Waals surface area contributed by atoms with Crippen LogP contribution in [0.4, 0.5) is 0 Å². The van der Waals surface area contributed by atoms with Crippen molar-refractivity contribution in [3.63, 3.8) is 0 Å². The van der Waals surface area contributed by atoms with E-state index >= 15 is 0 Å². The van der Waals surface area contributed by atoms with Crippen LogP contribution in [0.15, 0.2) is 60.1 Å². The van der Waals surface area contributed by atoms with E-state index in [0.29, 0.717) is 16.3 Å². The van der Waals surface area contributed by atoms with Gasteiger partial charge in [-0.15, -0.1) is 5.10 Å². The van der Waals surface area contributed by atoms with E-state index in [1.54, 1.807) is 35.1 Å². The van der Waals surface area contributed by atoms with Gasteiger partial charge in [-0.3, -0.25) is 9.78 Å². The zero-order chi connectivity index (χ0) is 16.1. The van der Waals surface area contributed by atoms with E-state index in [1.165, 1.54) is 18.6 Å². The van der Waals surface area contributed by atoms with Gasteiger partial charge in [-0.25, -0.2) is 10.1 Å². The number of halogens is 1. The van der Waals surface area contributed by atoms with Crippen LogP contribution < -0.4 is 5.43 Å². The lowest BCUT2D eigenvalue weighted by molar-refractivity contribution is 0.0955. The smallest absolute Gasteiger partial charge is 0.267 e. The Kier molecular flexibility index (Phi) is 4.39. The highest BCUT2D eigenvalue weighted by Gasteiger charge is 2.03. The van der Waals surface area contributed by atoms with E-state index in [0.717, 1.165) is 5.69 Å². The number of rotatable bonds is 4. The molecule has 23 heavy (non-hydrogen) atoms. The Morgan fingerprint density at radius 2 is 1.91 bits per heavy atom. The van der Waals surface area contributed by atoms with Gasteiger partial charge in [0.25, 0.3) is 5.91 Å². The minimum absolute atomic E-state index is 0.325. The maximum atomic E-state index is 11.8. The number of nitrogens with one attached hydrogen (secondary N) is 1. The molecular formula is C15H11ClN6O. The van der Waals surface area contributed by atoms with E-state index < -0.39 is 0 Å². The molecule has 1 amide bonds. The third-order valence-corrected chi connectivity index (χ3v) is 3.16. The minimum atomic E-state index is -0.325. The van der Waals surface area contributed by atoms with Crippen LogP contribution >= 0.6 is 11.6 Å². The third kappa shape index (κ3) is 3.78. The first-order valence-corrected chi connectivity index (χ1v) is 7.02. The van der Waals surface area contributed by atoms with E-state index in [1.807, 2.05) is 12.1 Å². The standard InChI is InChI=1S/C15H11ClN6O/c16-12-1-3-14(4-2-12)22-10-13(19-21-22)9-18-20-15(23)11-5-7-17-8-6-11/h1-10H,(H,20,23)/b18-9+. The summed E-state index contributed by atoms with van der Waals surface area (Å²) in [7, 11) is 0. The van der Waals surface area contributed by atoms with E-state index in [2.05, 4.69) is 25.8 Å². The molecule has 0 radical (unpaired) electrons. The van der Waals surface area contributed by atoms with Crippen molar-refractivity contribution in [2.45, 2.75) is 0 Å². The summed E-state index contributed by atoms with van der Waals surface area (Å²) in [5.41, 5.74) is 4.22. The summed E-state index contributed by atoms with van der Waals surface area (Å²) >= 11 is 5.84. The third-order valence-electron chi connectivity index (χ3n) is 2.91. The quantitative estimate of drug-likeness (QED) is 0.587. The summed E-state index contributed by atoms with van der Waals surface area (Å²) in [6, 6.07) is 10.4. The van der Waals surface area contributed by atoms with Gasteiger partial charge < -0.3 is 0 Å². The Labute approximate surface area is 136 Å². The number of carbonyl (C=O) groups excluding carboxylic acids is 1. The lowest BCUT2D eigenvalue weighted by Crippen LogP contribution is -2.17. The Morgan fingerprint density at radius 1 is 1.17 bits per heavy atom. The number of benzene rings is 1. The van der Waals surface area contributed by atoms with Gasteiger partial charge in [-0.2, -0.15) is 5.10 Å². The van der Waals surface area contributed by atoms with E-state index in [4.69, 9.17) is 11.6 Å². The number of hydrazone groups is 1. The molecule has 2 aromatic heterocycles. The minimum Gasteiger partial charge on any atom is -0.267 e. The Bertz CT molecular complexity index is 829. The molecule has 1 N–H and O–H groups in total. The molecular weight excluding hydrogens is 316 g/mol. The average Bonchev–Trinajstić information content (AvgIpc) is 3.05. The monoisotopic (exact) mass is 326 g/mol. The van der Waals surface area contributed by atoms with Gasteiger partial charge in [0.2, 0.25) is 0 Å². The first-order chi connectivity index (χ1) is 11.2. The molecule has 0 atom stereocenters. The fourth-order valence-electron chi connectivity index (χ4n) is 1.78.